The number of nitrogens with one attached hydrogen (secondary N) is 4. The monoisotopic (exact) mass is 1100 g/mol. The van der Waals surface area contributed by atoms with Crippen LogP contribution in [0.2, 0.25) is 35.2 Å². The Morgan fingerprint density at radius 3 is 1.43 bits per heavy atom. The molecule has 0 spiro atoms. The van der Waals surface area contributed by atoms with Crippen LogP contribution >= 0.6 is 81.2 Å². The van der Waals surface area contributed by atoms with Crippen molar-refractivity contribution >= 4 is 116 Å². The van der Waals surface area contributed by atoms with Crippen molar-refractivity contribution in [2.75, 3.05) is 69.1 Å². The zero-order chi connectivity index (χ0) is 50.1. The second kappa shape index (κ2) is 33.8. The average Bonchev–Trinajstić information content (AvgIpc) is 3.31. The molecule has 386 valence electrons. The number of Topliss-reactive ketones (excluding diaryl/α,β-unsaturated/α-hetero) is 3. The molecule has 0 aromatic carbocycles. The Hall–Kier alpha value is -2.76. The van der Waals surface area contributed by atoms with E-state index < -0.39 is 11.7 Å². The molecule has 3 saturated heterocycles. The van der Waals surface area contributed by atoms with E-state index in [2.05, 4.69) is 41.1 Å². The Labute approximate surface area is 443 Å². The Morgan fingerprint density at radius 1 is 0.623 bits per heavy atom. The van der Waals surface area contributed by atoms with Crippen LogP contribution in [0.1, 0.15) is 105 Å². The second-order valence-electron chi connectivity index (χ2n) is 17.5. The van der Waals surface area contributed by atoms with Gasteiger partial charge >= 0.3 is 6.09 Å². The number of amides is 1. The number of aromatic nitrogens is 3. The summed E-state index contributed by atoms with van der Waals surface area (Å²) in [6, 6.07) is 0. The lowest BCUT2D eigenvalue weighted by molar-refractivity contribution is -0.124. The number of halogens is 7. The molecule has 6 N–H and O–H groups in total. The lowest BCUT2D eigenvalue weighted by Gasteiger charge is -2.33. The molecule has 3 aromatic rings. The topological polar surface area (TPSA) is 194 Å². The molecular formula is C48H70Cl7N9O5. The number of hydrogen-bond acceptors (Lipinski definition) is 13. The number of hydrogen-bond donors (Lipinski definition) is 5. The van der Waals surface area contributed by atoms with Gasteiger partial charge in [0.25, 0.3) is 0 Å². The normalized spacial score (nSPS) is 15.4. The van der Waals surface area contributed by atoms with E-state index in [1.54, 1.807) is 12.4 Å². The van der Waals surface area contributed by atoms with E-state index in [1.807, 2.05) is 20.8 Å². The molecule has 3 fully saturated rings. The lowest BCUT2D eigenvalue weighted by Crippen LogP contribution is -2.36. The molecule has 0 saturated carbocycles. The summed E-state index contributed by atoms with van der Waals surface area (Å²) in [5, 5.41) is 15.5. The molecule has 0 aliphatic carbocycles. The molecule has 14 nitrogen and oxygen atoms in total. The van der Waals surface area contributed by atoms with E-state index >= 15 is 0 Å². The molecule has 69 heavy (non-hydrogen) atoms. The number of alkyl carbamates (subject to hydrolysis) is 1. The van der Waals surface area contributed by atoms with Crippen molar-refractivity contribution in [3.05, 3.63) is 72.3 Å². The van der Waals surface area contributed by atoms with Crippen molar-refractivity contribution in [3.8, 4) is 0 Å². The van der Waals surface area contributed by atoms with Crippen molar-refractivity contribution in [1.29, 1.82) is 0 Å². The number of ketones is 3. The fraction of sp³-hybridized carbons (Fsp3) is 0.604. The van der Waals surface area contributed by atoms with Gasteiger partial charge in [-0.15, -0.1) is 0 Å². The van der Waals surface area contributed by atoms with Crippen LogP contribution < -0.4 is 31.9 Å². The van der Waals surface area contributed by atoms with E-state index in [1.165, 1.54) is 24.8 Å². The minimum atomic E-state index is -0.477. The lowest BCUT2D eigenvalue weighted by atomic mass is 9.90. The van der Waals surface area contributed by atoms with Crippen LogP contribution in [0.4, 0.5) is 16.2 Å². The van der Waals surface area contributed by atoms with Gasteiger partial charge in [-0.05, 0) is 111 Å². The molecular weight excluding hydrogens is 1030 g/mol. The maximum Gasteiger partial charge on any atom is 0.407 e. The molecule has 0 bridgehead atoms. The van der Waals surface area contributed by atoms with Gasteiger partial charge < -0.3 is 36.6 Å². The number of carbonyl (C=O) groups is 4. The van der Waals surface area contributed by atoms with E-state index in [4.69, 9.17) is 91.7 Å². The van der Waals surface area contributed by atoms with E-state index in [-0.39, 0.29) is 19.3 Å². The van der Waals surface area contributed by atoms with Crippen LogP contribution in [0.15, 0.2) is 37.2 Å². The smallest absolute Gasteiger partial charge is 0.407 e. The van der Waals surface area contributed by atoms with Crippen molar-refractivity contribution < 1.29 is 23.9 Å². The highest BCUT2D eigenvalue weighted by Gasteiger charge is 2.27. The highest BCUT2D eigenvalue weighted by Crippen LogP contribution is 2.36. The van der Waals surface area contributed by atoms with Crippen LogP contribution in [0, 0.1) is 17.8 Å². The molecule has 6 rings (SSSR count). The zero-order valence-corrected chi connectivity index (χ0v) is 44.4. The first-order valence-electron chi connectivity index (χ1n) is 23.1. The van der Waals surface area contributed by atoms with Gasteiger partial charge in [-0.2, -0.15) is 0 Å². The summed E-state index contributed by atoms with van der Waals surface area (Å²) < 4.78 is 5.12. The van der Waals surface area contributed by atoms with Gasteiger partial charge in [0.1, 0.15) is 23.0 Å². The molecule has 0 atom stereocenters. The Kier molecular flexibility index (Phi) is 30.6. The molecule has 1 amide bonds. The zero-order valence-electron chi connectivity index (χ0n) is 39.1. The number of rotatable bonds is 16. The Morgan fingerprint density at radius 2 is 1.01 bits per heavy atom. The summed E-state index contributed by atoms with van der Waals surface area (Å²) in [5.41, 5.74) is 6.33. The maximum atomic E-state index is 12.5. The van der Waals surface area contributed by atoms with Gasteiger partial charge in [0.2, 0.25) is 0 Å². The molecule has 3 aliphatic rings. The fourth-order valence-electron chi connectivity index (χ4n) is 7.53. The van der Waals surface area contributed by atoms with Crippen LogP contribution in [0.25, 0.3) is 0 Å². The van der Waals surface area contributed by atoms with Crippen LogP contribution in [-0.4, -0.2) is 103 Å². The van der Waals surface area contributed by atoms with E-state index in [0.717, 1.165) is 96.3 Å². The Bertz CT molecular complexity index is 1970. The minimum Gasteiger partial charge on any atom is -0.444 e. The second-order valence-corrected chi connectivity index (χ2v) is 20.3. The maximum absolute atomic E-state index is 12.5. The van der Waals surface area contributed by atoms with Gasteiger partial charge in [-0.1, -0.05) is 88.6 Å². The highest BCUT2D eigenvalue weighted by atomic mass is 35.5. The Balaban J connectivity index is 0.000000344. The van der Waals surface area contributed by atoms with Crippen LogP contribution in [-0.2, 0) is 19.1 Å². The number of nitrogens with zero attached hydrogens (tertiary/aromatic N) is 4. The van der Waals surface area contributed by atoms with Gasteiger partial charge in [0, 0.05) is 100 Å². The van der Waals surface area contributed by atoms with Gasteiger partial charge in [0.05, 0.1) is 46.5 Å². The molecule has 6 heterocycles. The summed E-state index contributed by atoms with van der Waals surface area (Å²) in [4.78, 5) is 61.0. The van der Waals surface area contributed by atoms with Crippen LogP contribution in [0.5, 0.6) is 0 Å². The molecule has 3 aromatic heterocycles. The number of ether oxygens (including phenoxy) is 1. The predicted octanol–water partition coefficient (Wildman–Crippen LogP) is 11.6. The third-order valence-corrected chi connectivity index (χ3v) is 13.4. The number of nitrogens with two attached hydrogens (primary N) is 1. The number of carbonyl (C=O) groups excluding carboxylic acids is 4. The number of anilines is 2. The molecule has 3 aliphatic heterocycles. The van der Waals surface area contributed by atoms with Crippen molar-refractivity contribution in [1.82, 2.24) is 30.9 Å². The fourth-order valence-corrected chi connectivity index (χ4v) is 9.09. The minimum absolute atomic E-state index is 0. The van der Waals surface area contributed by atoms with Gasteiger partial charge in [-0.3, -0.25) is 29.3 Å². The third-order valence-electron chi connectivity index (χ3n) is 11.1. The SMILES string of the molecule is C.CC(C)(C)OC(=O)NCCCC(=O)C1CCNCC1.Clc1cncc(Cl)c1Cl.NCCCC(=O)C1CCNCC1.O=C(CCCNc1c(Cl)cncc1Cl)C1CCN(c2c(Cl)cncc2Cl)CC1. The van der Waals surface area contributed by atoms with Crippen molar-refractivity contribution in [3.63, 3.8) is 0 Å². The summed E-state index contributed by atoms with van der Waals surface area (Å²) >= 11 is 41.3. The summed E-state index contributed by atoms with van der Waals surface area (Å²) in [6.07, 6.45) is 18.2. The summed E-state index contributed by atoms with van der Waals surface area (Å²) in [5.74, 6) is 1.64. The third kappa shape index (κ3) is 24.0. The first-order chi connectivity index (χ1) is 32.4. The largest absolute Gasteiger partial charge is 0.444 e. The predicted molar refractivity (Wildman–Crippen MR) is 285 cm³/mol. The highest BCUT2D eigenvalue weighted by molar-refractivity contribution is 6.47. The molecule has 21 heteroatoms. The summed E-state index contributed by atoms with van der Waals surface area (Å²) in [6.45, 7) is 12.6. The first-order valence-corrected chi connectivity index (χ1v) is 25.7. The molecule has 0 radical (unpaired) electrons. The van der Waals surface area contributed by atoms with E-state index in [9.17, 15) is 19.2 Å². The standard InChI is InChI=1S/C19H20Cl4N4O.C14H26N2O3.C9H18N2O.C5H2Cl3N.CH4/c20-13-8-24-9-14(21)18(13)26-5-1-2-17(28)12-3-6-27(7-4-12)19-15(22)10-25-11-16(19)23;1-14(2,3)19-13(18)16-8-4-5-12(17)11-6-9-15-10-7-11;10-5-1-2-9(12)8-3-6-11-7-4-8;6-3-1-9-2-4(7)5(3)8;/h8-12H,1-7H2,(H,24,26);11,15H,4-10H2,1-3H3,(H,16,18);8,11H,1-7,10H2;1-2H;1H4. The number of piperidine rings is 3. The van der Waals surface area contributed by atoms with Crippen molar-refractivity contribution in [2.24, 2.45) is 23.5 Å². The van der Waals surface area contributed by atoms with Gasteiger partial charge in [-0.25, -0.2) is 4.79 Å². The summed E-state index contributed by atoms with van der Waals surface area (Å²) in [7, 11) is 0. The van der Waals surface area contributed by atoms with Crippen molar-refractivity contribution in [2.45, 2.75) is 111 Å². The van der Waals surface area contributed by atoms with Crippen LogP contribution in [0.3, 0.4) is 0 Å². The number of pyridine rings is 3. The molecule has 0 unspecified atom stereocenters. The average molecular weight is 1100 g/mol. The first kappa shape index (κ1) is 62.4. The van der Waals surface area contributed by atoms with E-state index in [0.29, 0.717) is 109 Å². The van der Waals surface area contributed by atoms with Gasteiger partial charge in [0.15, 0.2) is 0 Å². The quantitative estimate of drug-likeness (QED) is 0.0852.